The number of nitrogens with one attached hydrogen (secondary N) is 1. The minimum atomic E-state index is -0.500. The molecule has 0 aliphatic heterocycles. The van der Waals surface area contributed by atoms with Crippen molar-refractivity contribution in [2.24, 2.45) is 5.73 Å². The van der Waals surface area contributed by atoms with Gasteiger partial charge in [0.1, 0.15) is 5.60 Å². The van der Waals surface area contributed by atoms with Crippen molar-refractivity contribution in [2.45, 2.75) is 45.8 Å². The van der Waals surface area contributed by atoms with Crippen LogP contribution in [0.25, 0.3) is 0 Å². The molecule has 18 heavy (non-hydrogen) atoms. The van der Waals surface area contributed by atoms with E-state index in [4.69, 9.17) is 10.5 Å². The van der Waals surface area contributed by atoms with Gasteiger partial charge < -0.3 is 10.5 Å². The topological polar surface area (TPSA) is 64.3 Å². The lowest BCUT2D eigenvalue weighted by molar-refractivity contribution is 0.0636. The monoisotopic (exact) mass is 250 g/mol. The van der Waals surface area contributed by atoms with Gasteiger partial charge in [-0.15, -0.1) is 0 Å². The summed E-state index contributed by atoms with van der Waals surface area (Å²) in [7, 11) is 0. The van der Waals surface area contributed by atoms with Crippen LogP contribution >= 0.6 is 0 Å². The van der Waals surface area contributed by atoms with Crippen molar-refractivity contribution in [3.05, 3.63) is 29.8 Å². The predicted octanol–water partition coefficient (Wildman–Crippen LogP) is 2.92. The Hall–Kier alpha value is -1.55. The molecule has 0 saturated carbocycles. The number of amides is 1. The average molecular weight is 250 g/mol. The van der Waals surface area contributed by atoms with Crippen LogP contribution < -0.4 is 11.1 Å². The molecule has 4 nitrogen and oxygen atoms in total. The molecular weight excluding hydrogens is 228 g/mol. The molecular formula is C14H22N2O2. The molecule has 0 spiro atoms. The van der Waals surface area contributed by atoms with Crippen LogP contribution in [0.15, 0.2) is 24.3 Å². The second-order valence-corrected chi connectivity index (χ2v) is 5.47. The molecule has 1 atom stereocenters. The number of anilines is 1. The fraction of sp³-hybridized carbons (Fsp3) is 0.500. The van der Waals surface area contributed by atoms with Gasteiger partial charge in [0.15, 0.2) is 0 Å². The average Bonchev–Trinajstić information content (AvgIpc) is 2.17. The van der Waals surface area contributed by atoms with Gasteiger partial charge in [-0.05, 0) is 45.7 Å². The molecule has 0 saturated heterocycles. The third kappa shape index (κ3) is 5.19. The fourth-order valence-corrected chi connectivity index (χ4v) is 1.58. The highest BCUT2D eigenvalue weighted by Gasteiger charge is 2.17. The molecule has 1 aromatic carbocycles. The first-order chi connectivity index (χ1) is 8.28. The molecule has 4 heteroatoms. The number of carbonyl (C=O) groups is 1. The number of ether oxygens (including phenoxy) is 1. The van der Waals surface area contributed by atoms with E-state index in [0.717, 1.165) is 11.3 Å². The number of rotatable bonds is 3. The first kappa shape index (κ1) is 14.5. The van der Waals surface area contributed by atoms with Crippen LogP contribution in [0.5, 0.6) is 0 Å². The minimum absolute atomic E-state index is 0.0478. The van der Waals surface area contributed by atoms with Gasteiger partial charge in [-0.3, -0.25) is 5.32 Å². The van der Waals surface area contributed by atoms with E-state index in [2.05, 4.69) is 5.32 Å². The first-order valence-electron chi connectivity index (χ1n) is 6.11. The summed E-state index contributed by atoms with van der Waals surface area (Å²) in [6, 6.07) is 7.65. The number of hydrogen-bond acceptors (Lipinski definition) is 3. The van der Waals surface area contributed by atoms with Gasteiger partial charge in [-0.25, -0.2) is 4.79 Å². The van der Waals surface area contributed by atoms with Gasteiger partial charge in [-0.2, -0.15) is 0 Å². The Bertz CT molecular complexity index is 409. The molecule has 0 heterocycles. The molecule has 1 aromatic rings. The normalized spacial score (nSPS) is 12.9. The van der Waals surface area contributed by atoms with E-state index in [1.54, 1.807) is 0 Å². The zero-order valence-corrected chi connectivity index (χ0v) is 11.5. The van der Waals surface area contributed by atoms with Gasteiger partial charge in [0.25, 0.3) is 0 Å². The number of hydrogen-bond donors (Lipinski definition) is 2. The highest BCUT2D eigenvalue weighted by molar-refractivity contribution is 5.85. The first-order valence-corrected chi connectivity index (χ1v) is 6.11. The number of benzene rings is 1. The molecule has 3 N–H and O–H groups in total. The van der Waals surface area contributed by atoms with Crippen LogP contribution in [0.2, 0.25) is 0 Å². The largest absolute Gasteiger partial charge is 0.444 e. The van der Waals surface area contributed by atoms with E-state index >= 15 is 0 Å². The summed E-state index contributed by atoms with van der Waals surface area (Å²) in [5.41, 5.74) is 7.05. The predicted molar refractivity (Wildman–Crippen MR) is 73.7 cm³/mol. The molecule has 0 radical (unpaired) electrons. The van der Waals surface area contributed by atoms with E-state index in [9.17, 15) is 4.79 Å². The molecule has 100 valence electrons. The summed E-state index contributed by atoms with van der Waals surface area (Å²) in [6.07, 6.45) is 0.269. The van der Waals surface area contributed by atoms with Crippen molar-refractivity contribution >= 4 is 11.8 Å². The summed E-state index contributed by atoms with van der Waals surface area (Å²) in [5, 5.41) is 2.76. The number of para-hydroxylation sites is 1. The van der Waals surface area contributed by atoms with Crippen molar-refractivity contribution in [3.63, 3.8) is 0 Å². The zero-order chi connectivity index (χ0) is 13.8. The van der Waals surface area contributed by atoms with Crippen LogP contribution in [0.3, 0.4) is 0 Å². The van der Waals surface area contributed by atoms with Crippen molar-refractivity contribution in [1.29, 1.82) is 0 Å². The zero-order valence-electron chi connectivity index (χ0n) is 11.5. The number of carbonyl (C=O) groups excluding carboxylic acids is 1. The highest BCUT2D eigenvalue weighted by Crippen LogP contribution is 2.18. The maximum atomic E-state index is 11.7. The summed E-state index contributed by atoms with van der Waals surface area (Å²) in [6.45, 7) is 7.44. The van der Waals surface area contributed by atoms with Crippen molar-refractivity contribution in [3.8, 4) is 0 Å². The van der Waals surface area contributed by atoms with Gasteiger partial charge in [-0.1, -0.05) is 18.2 Å². The smallest absolute Gasteiger partial charge is 0.412 e. The second-order valence-electron chi connectivity index (χ2n) is 5.47. The maximum Gasteiger partial charge on any atom is 0.412 e. The summed E-state index contributed by atoms with van der Waals surface area (Å²) >= 11 is 0. The van der Waals surface area contributed by atoms with Gasteiger partial charge in [0.05, 0.1) is 0 Å². The standard InChI is InChI=1S/C14H22N2O2/c1-10(15)9-11-7-5-6-8-12(11)16-13(17)18-14(2,3)4/h5-8,10H,9,15H2,1-4H3,(H,16,17)/t10-/m1/s1. The quantitative estimate of drug-likeness (QED) is 0.867. The molecule has 0 unspecified atom stereocenters. The van der Waals surface area contributed by atoms with Crippen LogP contribution in [0, 0.1) is 0 Å². The Kier molecular flexibility index (Phi) is 4.73. The maximum absolute atomic E-state index is 11.7. The van der Waals surface area contributed by atoms with E-state index in [0.29, 0.717) is 6.42 Å². The SMILES string of the molecule is C[C@@H](N)Cc1ccccc1NC(=O)OC(C)(C)C. The lowest BCUT2D eigenvalue weighted by atomic mass is 10.1. The highest BCUT2D eigenvalue weighted by atomic mass is 16.6. The van der Waals surface area contributed by atoms with Crippen LogP contribution in [0.1, 0.15) is 33.3 Å². The summed E-state index contributed by atoms with van der Waals surface area (Å²) < 4.78 is 5.22. The third-order valence-electron chi connectivity index (χ3n) is 2.19. The molecule has 0 bridgehead atoms. The van der Waals surface area contributed by atoms with Crippen LogP contribution in [-0.2, 0) is 11.2 Å². The minimum Gasteiger partial charge on any atom is -0.444 e. The molecule has 0 aliphatic carbocycles. The lowest BCUT2D eigenvalue weighted by Gasteiger charge is -2.20. The summed E-state index contributed by atoms with van der Waals surface area (Å²) in [5.74, 6) is 0. The molecule has 1 rings (SSSR count). The Morgan fingerprint density at radius 1 is 1.39 bits per heavy atom. The molecule has 0 fully saturated rings. The van der Waals surface area contributed by atoms with E-state index in [1.165, 1.54) is 0 Å². The van der Waals surface area contributed by atoms with Crippen LogP contribution in [0.4, 0.5) is 10.5 Å². The fourth-order valence-electron chi connectivity index (χ4n) is 1.58. The van der Waals surface area contributed by atoms with Gasteiger partial charge in [0, 0.05) is 11.7 Å². The molecule has 1 amide bonds. The van der Waals surface area contributed by atoms with E-state index in [-0.39, 0.29) is 6.04 Å². The third-order valence-corrected chi connectivity index (χ3v) is 2.19. The van der Waals surface area contributed by atoms with Gasteiger partial charge in [0.2, 0.25) is 0 Å². The molecule has 0 aromatic heterocycles. The Morgan fingerprint density at radius 2 is 2.00 bits per heavy atom. The lowest BCUT2D eigenvalue weighted by Crippen LogP contribution is -2.28. The van der Waals surface area contributed by atoms with Crippen molar-refractivity contribution < 1.29 is 9.53 Å². The second kappa shape index (κ2) is 5.87. The van der Waals surface area contributed by atoms with Crippen molar-refractivity contribution in [1.82, 2.24) is 0 Å². The van der Waals surface area contributed by atoms with E-state index < -0.39 is 11.7 Å². The van der Waals surface area contributed by atoms with E-state index in [1.807, 2.05) is 52.0 Å². The summed E-state index contributed by atoms with van der Waals surface area (Å²) in [4.78, 5) is 11.7. The Labute approximate surface area is 109 Å². The number of nitrogens with two attached hydrogens (primary N) is 1. The molecule has 0 aliphatic rings. The Balaban J connectivity index is 2.75. The van der Waals surface area contributed by atoms with Gasteiger partial charge >= 0.3 is 6.09 Å². The van der Waals surface area contributed by atoms with Crippen LogP contribution in [-0.4, -0.2) is 17.7 Å². The van der Waals surface area contributed by atoms with Crippen molar-refractivity contribution in [2.75, 3.05) is 5.32 Å². The Morgan fingerprint density at radius 3 is 2.56 bits per heavy atom.